The number of hydrogen-bond acceptors (Lipinski definition) is 2. The molecule has 1 aromatic rings. The second-order valence-electron chi connectivity index (χ2n) is 5.90. The lowest BCUT2D eigenvalue weighted by molar-refractivity contribution is 0.153. The third-order valence-corrected chi connectivity index (χ3v) is 4.69. The summed E-state index contributed by atoms with van der Waals surface area (Å²) >= 11 is 0. The molecule has 100 valence electrons. The molecule has 0 heterocycles. The van der Waals surface area contributed by atoms with Gasteiger partial charge in [-0.25, -0.2) is 0 Å². The first kappa shape index (κ1) is 13.4. The normalized spacial score (nSPS) is 28.2. The number of phenolic OH excluding ortho intramolecular Hbond substituents is 1. The van der Waals surface area contributed by atoms with Crippen LogP contribution in [0.25, 0.3) is 0 Å². The Balaban J connectivity index is 2.03. The highest BCUT2D eigenvalue weighted by Gasteiger charge is 2.33. The summed E-state index contributed by atoms with van der Waals surface area (Å²) in [6, 6.07) is 7.60. The van der Waals surface area contributed by atoms with Crippen LogP contribution in [-0.2, 0) is 6.42 Å². The molecule has 0 saturated heterocycles. The molecule has 1 aliphatic carbocycles. The number of phenols is 1. The Kier molecular flexibility index (Phi) is 4.28. The number of nitrogens with two attached hydrogens (primary N) is 1. The maximum Gasteiger partial charge on any atom is 0.115 e. The summed E-state index contributed by atoms with van der Waals surface area (Å²) in [6.45, 7) is 3.07. The lowest BCUT2D eigenvalue weighted by Crippen LogP contribution is -2.36. The van der Waals surface area contributed by atoms with Crippen LogP contribution in [0.4, 0.5) is 0 Å². The molecule has 1 aromatic carbocycles. The predicted molar refractivity (Wildman–Crippen MR) is 75.5 cm³/mol. The van der Waals surface area contributed by atoms with Gasteiger partial charge in [-0.2, -0.15) is 0 Å². The summed E-state index contributed by atoms with van der Waals surface area (Å²) in [7, 11) is 0. The van der Waals surface area contributed by atoms with Crippen LogP contribution in [0.1, 0.15) is 44.6 Å². The number of aromatic hydroxyl groups is 1. The van der Waals surface area contributed by atoms with Crippen molar-refractivity contribution in [2.45, 2.75) is 45.4 Å². The summed E-state index contributed by atoms with van der Waals surface area (Å²) in [5, 5.41) is 9.33. The second kappa shape index (κ2) is 5.75. The third-order valence-electron chi connectivity index (χ3n) is 4.69. The van der Waals surface area contributed by atoms with Gasteiger partial charge < -0.3 is 10.8 Å². The summed E-state index contributed by atoms with van der Waals surface area (Å²) in [6.07, 6.45) is 7.52. The molecule has 0 atom stereocenters. The molecule has 1 fully saturated rings. The van der Waals surface area contributed by atoms with Crippen molar-refractivity contribution in [2.24, 2.45) is 17.1 Å². The molecule has 0 aromatic heterocycles. The maximum atomic E-state index is 9.33. The van der Waals surface area contributed by atoms with E-state index < -0.39 is 0 Å². The summed E-state index contributed by atoms with van der Waals surface area (Å²) in [4.78, 5) is 0. The summed E-state index contributed by atoms with van der Waals surface area (Å²) in [5.41, 5.74) is 7.65. The van der Waals surface area contributed by atoms with Crippen molar-refractivity contribution in [3.05, 3.63) is 29.8 Å². The molecule has 0 bridgehead atoms. The van der Waals surface area contributed by atoms with Gasteiger partial charge >= 0.3 is 0 Å². The van der Waals surface area contributed by atoms with Gasteiger partial charge in [0.05, 0.1) is 0 Å². The first-order valence-electron chi connectivity index (χ1n) is 7.15. The van der Waals surface area contributed by atoms with Gasteiger partial charge in [-0.3, -0.25) is 0 Å². The van der Waals surface area contributed by atoms with E-state index in [1.165, 1.54) is 37.7 Å². The number of rotatable bonds is 4. The van der Waals surface area contributed by atoms with E-state index >= 15 is 0 Å². The van der Waals surface area contributed by atoms with Crippen LogP contribution < -0.4 is 5.73 Å². The highest BCUT2D eigenvalue weighted by Crippen LogP contribution is 2.41. The van der Waals surface area contributed by atoms with Gasteiger partial charge in [0.2, 0.25) is 0 Å². The van der Waals surface area contributed by atoms with Crippen molar-refractivity contribution in [3.8, 4) is 5.75 Å². The summed E-state index contributed by atoms with van der Waals surface area (Å²) < 4.78 is 0. The molecular weight excluding hydrogens is 222 g/mol. The molecule has 2 nitrogen and oxygen atoms in total. The smallest absolute Gasteiger partial charge is 0.115 e. The minimum Gasteiger partial charge on any atom is -0.508 e. The Morgan fingerprint density at radius 1 is 1.22 bits per heavy atom. The minimum atomic E-state index is 0.294. The topological polar surface area (TPSA) is 46.2 Å². The van der Waals surface area contributed by atoms with E-state index in [1.807, 2.05) is 12.1 Å². The molecule has 2 heteroatoms. The monoisotopic (exact) mass is 247 g/mol. The minimum absolute atomic E-state index is 0.294. The van der Waals surface area contributed by atoms with E-state index in [9.17, 15) is 5.11 Å². The Morgan fingerprint density at radius 3 is 2.33 bits per heavy atom. The maximum absolute atomic E-state index is 9.33. The van der Waals surface area contributed by atoms with Gasteiger partial charge in [0, 0.05) is 0 Å². The molecule has 2 rings (SSSR count). The quantitative estimate of drug-likeness (QED) is 0.855. The fraction of sp³-hybridized carbons (Fsp3) is 0.625. The van der Waals surface area contributed by atoms with Gasteiger partial charge in [-0.1, -0.05) is 25.5 Å². The van der Waals surface area contributed by atoms with Crippen LogP contribution >= 0.6 is 0 Å². The highest BCUT2D eigenvalue weighted by molar-refractivity contribution is 5.26. The SMILES string of the molecule is CCC1CCC(CN)(Cc2ccc(O)cc2)CC1. The zero-order valence-electron chi connectivity index (χ0n) is 11.4. The predicted octanol–water partition coefficient (Wildman–Crippen LogP) is 3.48. The number of benzene rings is 1. The molecular formula is C16H25NO. The van der Waals surface area contributed by atoms with Gasteiger partial charge in [0.1, 0.15) is 5.75 Å². The van der Waals surface area contributed by atoms with Crippen LogP contribution in [-0.4, -0.2) is 11.7 Å². The van der Waals surface area contributed by atoms with Crippen LogP contribution in [0, 0.1) is 11.3 Å². The lowest BCUT2D eigenvalue weighted by atomic mass is 9.67. The average Bonchev–Trinajstić information content (AvgIpc) is 2.42. The molecule has 0 unspecified atom stereocenters. The molecule has 1 saturated carbocycles. The fourth-order valence-electron chi connectivity index (χ4n) is 3.20. The van der Waals surface area contributed by atoms with Crippen LogP contribution in [0.2, 0.25) is 0 Å². The van der Waals surface area contributed by atoms with E-state index in [1.54, 1.807) is 12.1 Å². The van der Waals surface area contributed by atoms with Gasteiger partial charge in [-0.15, -0.1) is 0 Å². The van der Waals surface area contributed by atoms with Crippen molar-refractivity contribution < 1.29 is 5.11 Å². The zero-order chi connectivity index (χ0) is 13.0. The first-order chi connectivity index (χ1) is 8.67. The van der Waals surface area contributed by atoms with Crippen LogP contribution in [0.15, 0.2) is 24.3 Å². The lowest BCUT2D eigenvalue weighted by Gasteiger charge is -2.39. The third kappa shape index (κ3) is 3.05. The van der Waals surface area contributed by atoms with E-state index in [2.05, 4.69) is 6.92 Å². The molecule has 0 spiro atoms. The second-order valence-corrected chi connectivity index (χ2v) is 5.90. The first-order valence-corrected chi connectivity index (χ1v) is 7.15. The average molecular weight is 247 g/mol. The largest absolute Gasteiger partial charge is 0.508 e. The van der Waals surface area contributed by atoms with Crippen molar-refractivity contribution in [1.82, 2.24) is 0 Å². The molecule has 0 aliphatic heterocycles. The standard InChI is InChI=1S/C16H25NO/c1-2-13-7-9-16(12-17,10-8-13)11-14-3-5-15(18)6-4-14/h3-6,13,18H,2,7-12,17H2,1H3. The Bertz CT molecular complexity index is 363. The Morgan fingerprint density at radius 2 is 1.83 bits per heavy atom. The zero-order valence-corrected chi connectivity index (χ0v) is 11.4. The van der Waals surface area contributed by atoms with Crippen molar-refractivity contribution in [1.29, 1.82) is 0 Å². The van der Waals surface area contributed by atoms with E-state index in [-0.39, 0.29) is 0 Å². The Labute approximate surface area is 110 Å². The van der Waals surface area contributed by atoms with Crippen LogP contribution in [0.5, 0.6) is 5.75 Å². The van der Waals surface area contributed by atoms with E-state index in [4.69, 9.17) is 5.73 Å². The molecule has 18 heavy (non-hydrogen) atoms. The van der Waals surface area contributed by atoms with E-state index in [0.29, 0.717) is 11.2 Å². The van der Waals surface area contributed by atoms with Gasteiger partial charge in [-0.05, 0) is 67.7 Å². The van der Waals surface area contributed by atoms with Crippen LogP contribution in [0.3, 0.4) is 0 Å². The molecule has 0 amide bonds. The molecule has 0 radical (unpaired) electrons. The highest BCUT2D eigenvalue weighted by atomic mass is 16.3. The number of hydrogen-bond donors (Lipinski definition) is 2. The van der Waals surface area contributed by atoms with Crippen molar-refractivity contribution >= 4 is 0 Å². The van der Waals surface area contributed by atoms with Crippen molar-refractivity contribution in [2.75, 3.05) is 6.54 Å². The molecule has 1 aliphatic rings. The van der Waals surface area contributed by atoms with E-state index in [0.717, 1.165) is 18.9 Å². The van der Waals surface area contributed by atoms with Gasteiger partial charge in [0.15, 0.2) is 0 Å². The van der Waals surface area contributed by atoms with Crippen molar-refractivity contribution in [3.63, 3.8) is 0 Å². The Hall–Kier alpha value is -1.02. The van der Waals surface area contributed by atoms with Gasteiger partial charge in [0.25, 0.3) is 0 Å². The fourth-order valence-corrected chi connectivity index (χ4v) is 3.20. The summed E-state index contributed by atoms with van der Waals surface area (Å²) in [5.74, 6) is 1.25. The molecule has 3 N–H and O–H groups in total.